The van der Waals surface area contributed by atoms with Crippen molar-refractivity contribution in [2.24, 2.45) is 5.92 Å². The topological polar surface area (TPSA) is 91.2 Å². The third-order valence-electron chi connectivity index (χ3n) is 5.10. The van der Waals surface area contributed by atoms with E-state index >= 15 is 0 Å². The maximum absolute atomic E-state index is 12.7. The van der Waals surface area contributed by atoms with Gasteiger partial charge in [-0.05, 0) is 31.0 Å². The van der Waals surface area contributed by atoms with E-state index in [1.54, 1.807) is 23.9 Å². The summed E-state index contributed by atoms with van der Waals surface area (Å²) in [6.07, 6.45) is 0.275. The lowest BCUT2D eigenvalue weighted by Crippen LogP contribution is -2.25. The molecule has 31 heavy (non-hydrogen) atoms. The molecule has 2 aromatic heterocycles. The molecule has 162 valence electrons. The van der Waals surface area contributed by atoms with Crippen LogP contribution < -0.4 is 14.8 Å². The lowest BCUT2D eigenvalue weighted by molar-refractivity contribution is -0.116. The van der Waals surface area contributed by atoms with E-state index in [9.17, 15) is 4.79 Å². The average Bonchev–Trinajstić information content (AvgIpc) is 3.08. The first kappa shape index (κ1) is 21.1. The molecule has 3 heterocycles. The van der Waals surface area contributed by atoms with E-state index in [1.165, 1.54) is 0 Å². The zero-order valence-electron chi connectivity index (χ0n) is 17.8. The Balaban J connectivity index is 1.85. The number of benzene rings is 1. The molecule has 3 aromatic rings. The van der Waals surface area contributed by atoms with Crippen LogP contribution in [0.2, 0.25) is 5.15 Å². The van der Waals surface area contributed by atoms with Crippen molar-refractivity contribution >= 4 is 23.3 Å². The minimum absolute atomic E-state index is 0.113. The molecule has 0 saturated carbocycles. The Morgan fingerprint density at radius 1 is 1.26 bits per heavy atom. The number of nitrogens with zero attached hydrogens (tertiary/aromatic N) is 4. The molecule has 4 rings (SSSR count). The second kappa shape index (κ2) is 8.55. The van der Waals surface area contributed by atoms with Crippen molar-refractivity contribution in [3.8, 4) is 17.3 Å². The van der Waals surface area contributed by atoms with Crippen molar-refractivity contribution in [3.63, 3.8) is 0 Å². The molecular formula is C22H24ClN5O3. The quantitative estimate of drug-likeness (QED) is 0.618. The molecule has 1 aliphatic heterocycles. The van der Waals surface area contributed by atoms with E-state index in [1.807, 2.05) is 25.1 Å². The minimum Gasteiger partial charge on any atom is -0.493 e. The number of carbonyl (C=O) groups excluding carboxylic acids is 1. The molecule has 1 atom stereocenters. The molecule has 1 N–H and O–H groups in total. The van der Waals surface area contributed by atoms with Crippen LogP contribution in [0.3, 0.4) is 0 Å². The Bertz CT molecular complexity index is 1110. The lowest BCUT2D eigenvalue weighted by Gasteiger charge is -2.27. The Morgan fingerprint density at radius 3 is 2.74 bits per heavy atom. The fourth-order valence-electron chi connectivity index (χ4n) is 3.77. The van der Waals surface area contributed by atoms with Crippen molar-refractivity contribution in [2.75, 3.05) is 19.0 Å². The van der Waals surface area contributed by atoms with Gasteiger partial charge < -0.3 is 14.8 Å². The standard InChI is InChI=1S/C22H24ClN5O3/c1-12(2)11-31-21-14(6-5-7-16(21)30-4)15-10-19(29)24-22-20(15)13(3)27-28(22)18-9-8-17(23)25-26-18/h5-9,12,15H,10-11H2,1-4H3,(H,24,29). The minimum atomic E-state index is -0.241. The molecule has 0 aliphatic carbocycles. The predicted octanol–water partition coefficient (Wildman–Crippen LogP) is 4.14. The fourth-order valence-corrected chi connectivity index (χ4v) is 3.87. The number of para-hydroxylation sites is 1. The van der Waals surface area contributed by atoms with Gasteiger partial charge in [0.25, 0.3) is 0 Å². The van der Waals surface area contributed by atoms with Crippen LogP contribution in [0, 0.1) is 12.8 Å². The third kappa shape index (κ3) is 4.07. The first-order chi connectivity index (χ1) is 14.9. The Hall–Kier alpha value is -3.13. The zero-order chi connectivity index (χ0) is 22.1. The van der Waals surface area contributed by atoms with Crippen LogP contribution >= 0.6 is 11.6 Å². The van der Waals surface area contributed by atoms with E-state index in [4.69, 9.17) is 21.1 Å². The largest absolute Gasteiger partial charge is 0.493 e. The second-order valence-corrected chi connectivity index (χ2v) is 8.25. The van der Waals surface area contributed by atoms with Crippen molar-refractivity contribution in [3.05, 3.63) is 52.3 Å². The highest BCUT2D eigenvalue weighted by atomic mass is 35.5. The maximum atomic E-state index is 12.7. The Morgan fingerprint density at radius 2 is 2.06 bits per heavy atom. The fraction of sp³-hybridized carbons (Fsp3) is 0.364. The number of aryl methyl sites for hydroxylation is 1. The van der Waals surface area contributed by atoms with Gasteiger partial charge in [0.05, 0.1) is 19.4 Å². The molecular weight excluding hydrogens is 418 g/mol. The molecule has 1 unspecified atom stereocenters. The highest BCUT2D eigenvalue weighted by molar-refractivity contribution is 6.29. The van der Waals surface area contributed by atoms with Crippen LogP contribution in [0.4, 0.5) is 5.82 Å². The Kier molecular flexibility index (Phi) is 5.82. The van der Waals surface area contributed by atoms with Crippen molar-refractivity contribution < 1.29 is 14.3 Å². The number of carbonyl (C=O) groups is 1. The van der Waals surface area contributed by atoms with Gasteiger partial charge in [-0.3, -0.25) is 4.79 Å². The number of hydrogen-bond donors (Lipinski definition) is 1. The van der Waals surface area contributed by atoms with Crippen LogP contribution in [0.5, 0.6) is 11.5 Å². The molecule has 0 bridgehead atoms. The summed E-state index contributed by atoms with van der Waals surface area (Å²) in [7, 11) is 1.61. The molecule has 0 spiro atoms. The lowest BCUT2D eigenvalue weighted by atomic mass is 9.85. The first-order valence-electron chi connectivity index (χ1n) is 10.1. The highest BCUT2D eigenvalue weighted by Crippen LogP contribution is 2.45. The van der Waals surface area contributed by atoms with E-state index in [-0.39, 0.29) is 23.4 Å². The van der Waals surface area contributed by atoms with Crippen LogP contribution in [0.15, 0.2) is 30.3 Å². The molecule has 0 radical (unpaired) electrons. The molecule has 9 heteroatoms. The molecule has 0 fully saturated rings. The van der Waals surface area contributed by atoms with Crippen LogP contribution in [0.25, 0.3) is 5.82 Å². The monoisotopic (exact) mass is 441 g/mol. The number of hydrogen-bond acceptors (Lipinski definition) is 6. The molecule has 8 nitrogen and oxygen atoms in total. The van der Waals surface area contributed by atoms with Crippen LogP contribution in [-0.2, 0) is 4.79 Å². The number of fused-ring (bicyclic) bond motifs is 1. The van der Waals surface area contributed by atoms with E-state index in [2.05, 4.69) is 34.5 Å². The van der Waals surface area contributed by atoms with Gasteiger partial charge >= 0.3 is 0 Å². The smallest absolute Gasteiger partial charge is 0.226 e. The third-order valence-corrected chi connectivity index (χ3v) is 5.30. The summed E-state index contributed by atoms with van der Waals surface area (Å²) in [5.74, 6) is 2.33. The van der Waals surface area contributed by atoms with Crippen molar-refractivity contribution in [2.45, 2.75) is 33.1 Å². The summed E-state index contributed by atoms with van der Waals surface area (Å²) in [4.78, 5) is 12.7. The van der Waals surface area contributed by atoms with E-state index < -0.39 is 0 Å². The van der Waals surface area contributed by atoms with Gasteiger partial charge in [0.15, 0.2) is 22.5 Å². The van der Waals surface area contributed by atoms with Crippen LogP contribution in [0.1, 0.15) is 43.0 Å². The second-order valence-electron chi connectivity index (χ2n) is 7.86. The van der Waals surface area contributed by atoms with Gasteiger partial charge in [0.2, 0.25) is 5.91 Å². The van der Waals surface area contributed by atoms with Crippen LogP contribution in [-0.4, -0.2) is 39.6 Å². The number of rotatable bonds is 6. The maximum Gasteiger partial charge on any atom is 0.226 e. The van der Waals surface area contributed by atoms with Gasteiger partial charge in [-0.15, -0.1) is 10.2 Å². The molecule has 1 aliphatic rings. The Labute approximate surface area is 185 Å². The summed E-state index contributed by atoms with van der Waals surface area (Å²) < 4.78 is 13.3. The normalized spacial score (nSPS) is 15.5. The summed E-state index contributed by atoms with van der Waals surface area (Å²) in [5.41, 5.74) is 2.59. The van der Waals surface area contributed by atoms with Gasteiger partial charge in [-0.2, -0.15) is 9.78 Å². The van der Waals surface area contributed by atoms with Gasteiger partial charge in [-0.1, -0.05) is 37.6 Å². The molecule has 1 amide bonds. The van der Waals surface area contributed by atoms with Crippen molar-refractivity contribution in [1.29, 1.82) is 0 Å². The first-order valence-corrected chi connectivity index (χ1v) is 10.5. The number of amides is 1. The SMILES string of the molecule is COc1cccc(C2CC(=O)Nc3c2c(C)nn3-c2ccc(Cl)nn2)c1OCC(C)C. The highest BCUT2D eigenvalue weighted by Gasteiger charge is 2.35. The predicted molar refractivity (Wildman–Crippen MR) is 117 cm³/mol. The number of methoxy groups -OCH3 is 1. The number of ether oxygens (including phenoxy) is 2. The number of halogens is 1. The van der Waals surface area contributed by atoms with Gasteiger partial charge in [0, 0.05) is 23.5 Å². The molecule has 0 saturated heterocycles. The summed E-state index contributed by atoms with van der Waals surface area (Å²) in [5, 5.41) is 15.9. The van der Waals surface area contributed by atoms with E-state index in [0.717, 1.165) is 16.8 Å². The molecule has 1 aromatic carbocycles. The van der Waals surface area contributed by atoms with E-state index in [0.29, 0.717) is 35.7 Å². The summed E-state index contributed by atoms with van der Waals surface area (Å²) in [6.45, 7) is 6.63. The number of anilines is 1. The summed E-state index contributed by atoms with van der Waals surface area (Å²) in [6, 6.07) is 9.09. The number of aromatic nitrogens is 4. The van der Waals surface area contributed by atoms with Gasteiger partial charge in [-0.25, -0.2) is 0 Å². The van der Waals surface area contributed by atoms with Gasteiger partial charge in [0.1, 0.15) is 5.82 Å². The number of nitrogens with one attached hydrogen (secondary N) is 1. The zero-order valence-corrected chi connectivity index (χ0v) is 18.6. The van der Waals surface area contributed by atoms with Crippen molar-refractivity contribution in [1.82, 2.24) is 20.0 Å². The summed E-state index contributed by atoms with van der Waals surface area (Å²) >= 11 is 5.87. The average molecular weight is 442 g/mol.